The van der Waals surface area contributed by atoms with Crippen LogP contribution in [0.4, 0.5) is 0 Å². The Hall–Kier alpha value is -1.85. The molecule has 0 aromatic rings. The van der Waals surface area contributed by atoms with Crippen molar-refractivity contribution in [3.8, 4) is 0 Å². The predicted octanol–water partition coefficient (Wildman–Crippen LogP) is 0.0887. The van der Waals surface area contributed by atoms with Gasteiger partial charge in [0.15, 0.2) is 0 Å². The average Bonchev–Trinajstić information content (AvgIpc) is 2.35. The van der Waals surface area contributed by atoms with E-state index in [1.807, 2.05) is 0 Å². The number of hydrogen-bond acceptors (Lipinski definition) is 4. The number of carbonyl (C=O) groups is 3. The minimum absolute atomic E-state index is 0.108. The minimum Gasteiger partial charge on any atom is -0.467 e. The molecule has 0 saturated carbocycles. The second kappa shape index (κ2) is 6.78. The Labute approximate surface area is 107 Å². The molecule has 0 bridgehead atoms. The first-order chi connectivity index (χ1) is 8.27. The van der Waals surface area contributed by atoms with Gasteiger partial charge in [-0.2, -0.15) is 0 Å². The first kappa shape index (κ1) is 16.1. The Morgan fingerprint density at radius 3 is 2.39 bits per heavy atom. The molecule has 2 amide bonds. The minimum atomic E-state index is -1.03. The zero-order valence-electron chi connectivity index (χ0n) is 11.3. The number of ether oxygens (including phenoxy) is 1. The fraction of sp³-hybridized carbons (Fsp3) is 0.583. The monoisotopic (exact) mass is 256 g/mol. The van der Waals surface area contributed by atoms with Gasteiger partial charge in [-0.25, -0.2) is 4.79 Å². The van der Waals surface area contributed by atoms with Gasteiger partial charge in [-0.05, 0) is 19.9 Å². The summed E-state index contributed by atoms with van der Waals surface area (Å²) in [6.45, 7) is 6.69. The molecule has 0 heterocycles. The van der Waals surface area contributed by atoms with E-state index in [-0.39, 0.29) is 24.8 Å². The standard InChI is InChI=1S/C12H20N2O4/c1-6-9(15)13-8-7-10(16)14(4)12(2,3)11(17)18-5/h6H,1,7-8H2,2-5H3,(H,13,15). The molecule has 0 aromatic heterocycles. The van der Waals surface area contributed by atoms with E-state index in [4.69, 9.17) is 0 Å². The van der Waals surface area contributed by atoms with Crippen molar-refractivity contribution in [2.75, 3.05) is 20.7 Å². The van der Waals surface area contributed by atoms with E-state index < -0.39 is 11.5 Å². The highest BCUT2D eigenvalue weighted by atomic mass is 16.5. The summed E-state index contributed by atoms with van der Waals surface area (Å²) in [4.78, 5) is 35.5. The molecular formula is C12H20N2O4. The maximum atomic E-state index is 11.8. The molecule has 0 atom stereocenters. The summed E-state index contributed by atoms with van der Waals surface area (Å²) in [7, 11) is 2.79. The van der Waals surface area contributed by atoms with Crippen molar-refractivity contribution in [3.05, 3.63) is 12.7 Å². The van der Waals surface area contributed by atoms with Crippen LogP contribution in [0.1, 0.15) is 20.3 Å². The Kier molecular flexibility index (Phi) is 6.08. The first-order valence-electron chi connectivity index (χ1n) is 5.52. The maximum absolute atomic E-state index is 11.8. The van der Waals surface area contributed by atoms with Crippen molar-refractivity contribution in [3.63, 3.8) is 0 Å². The van der Waals surface area contributed by atoms with Crippen LogP contribution >= 0.6 is 0 Å². The lowest BCUT2D eigenvalue weighted by atomic mass is 10.0. The molecule has 0 saturated heterocycles. The van der Waals surface area contributed by atoms with Crippen molar-refractivity contribution in [1.29, 1.82) is 0 Å². The van der Waals surface area contributed by atoms with Gasteiger partial charge >= 0.3 is 5.97 Å². The molecule has 6 nitrogen and oxygen atoms in total. The number of likely N-dealkylation sites (N-methyl/N-ethyl adjacent to an activating group) is 1. The molecule has 0 aromatic carbocycles. The van der Waals surface area contributed by atoms with E-state index in [0.717, 1.165) is 6.08 Å². The summed E-state index contributed by atoms with van der Waals surface area (Å²) in [6.07, 6.45) is 1.24. The Morgan fingerprint density at radius 2 is 1.94 bits per heavy atom. The molecule has 6 heteroatoms. The number of esters is 1. The van der Waals surface area contributed by atoms with Crippen molar-refractivity contribution in [1.82, 2.24) is 10.2 Å². The zero-order valence-corrected chi connectivity index (χ0v) is 11.3. The van der Waals surface area contributed by atoms with E-state index in [2.05, 4.69) is 16.6 Å². The normalized spacial score (nSPS) is 10.4. The van der Waals surface area contributed by atoms with Crippen LogP contribution in [0.5, 0.6) is 0 Å². The highest BCUT2D eigenvalue weighted by molar-refractivity contribution is 5.89. The SMILES string of the molecule is C=CC(=O)NCCC(=O)N(C)C(C)(C)C(=O)OC. The number of nitrogens with one attached hydrogen (secondary N) is 1. The molecule has 0 spiro atoms. The third-order valence-electron chi connectivity index (χ3n) is 2.72. The molecule has 0 unspecified atom stereocenters. The van der Waals surface area contributed by atoms with Gasteiger partial charge in [-0.3, -0.25) is 9.59 Å². The van der Waals surface area contributed by atoms with E-state index in [1.54, 1.807) is 13.8 Å². The Bertz CT molecular complexity index is 350. The lowest BCUT2D eigenvalue weighted by molar-refractivity contribution is -0.158. The molecule has 0 aliphatic carbocycles. The van der Waals surface area contributed by atoms with Crippen molar-refractivity contribution >= 4 is 17.8 Å². The fourth-order valence-corrected chi connectivity index (χ4v) is 1.23. The van der Waals surface area contributed by atoms with E-state index in [9.17, 15) is 14.4 Å². The summed E-state index contributed by atoms with van der Waals surface area (Å²) >= 11 is 0. The van der Waals surface area contributed by atoms with Crippen LogP contribution in [-0.2, 0) is 19.1 Å². The largest absolute Gasteiger partial charge is 0.467 e. The van der Waals surface area contributed by atoms with E-state index >= 15 is 0 Å². The lowest BCUT2D eigenvalue weighted by Gasteiger charge is -2.32. The second-order valence-corrected chi connectivity index (χ2v) is 4.25. The summed E-state index contributed by atoms with van der Waals surface area (Å²) in [5.41, 5.74) is -1.03. The van der Waals surface area contributed by atoms with Crippen molar-refractivity contribution in [2.45, 2.75) is 25.8 Å². The predicted molar refractivity (Wildman–Crippen MR) is 66.7 cm³/mol. The summed E-state index contributed by atoms with van der Waals surface area (Å²) in [5.74, 6) is -1.08. The van der Waals surface area contributed by atoms with Crippen LogP contribution < -0.4 is 5.32 Å². The number of hydrogen-bond donors (Lipinski definition) is 1. The van der Waals surface area contributed by atoms with Gasteiger partial charge < -0.3 is 15.0 Å². The number of carbonyl (C=O) groups excluding carboxylic acids is 3. The summed E-state index contributed by atoms with van der Waals surface area (Å²) < 4.78 is 4.63. The summed E-state index contributed by atoms with van der Waals surface area (Å²) in [6, 6.07) is 0. The number of rotatable bonds is 6. The van der Waals surface area contributed by atoms with Gasteiger partial charge in [0.25, 0.3) is 0 Å². The van der Waals surface area contributed by atoms with E-state index in [0.29, 0.717) is 0 Å². The molecule has 0 rings (SSSR count). The Balaban J connectivity index is 4.38. The average molecular weight is 256 g/mol. The molecular weight excluding hydrogens is 236 g/mol. The van der Waals surface area contributed by atoms with Crippen LogP contribution in [-0.4, -0.2) is 48.9 Å². The number of nitrogens with zero attached hydrogens (tertiary/aromatic N) is 1. The van der Waals surface area contributed by atoms with Crippen LogP contribution in [0, 0.1) is 0 Å². The lowest BCUT2D eigenvalue weighted by Crippen LogP contribution is -2.51. The van der Waals surface area contributed by atoms with Crippen LogP contribution in [0.2, 0.25) is 0 Å². The highest BCUT2D eigenvalue weighted by Gasteiger charge is 2.35. The van der Waals surface area contributed by atoms with Gasteiger partial charge in [0.1, 0.15) is 5.54 Å². The molecule has 0 aliphatic heterocycles. The Morgan fingerprint density at radius 1 is 1.39 bits per heavy atom. The summed E-state index contributed by atoms with van der Waals surface area (Å²) in [5, 5.41) is 2.49. The number of methoxy groups -OCH3 is 1. The van der Waals surface area contributed by atoms with Gasteiger partial charge in [-0.1, -0.05) is 6.58 Å². The van der Waals surface area contributed by atoms with Gasteiger partial charge in [0, 0.05) is 20.0 Å². The maximum Gasteiger partial charge on any atom is 0.331 e. The van der Waals surface area contributed by atoms with Gasteiger partial charge in [0.05, 0.1) is 7.11 Å². The second-order valence-electron chi connectivity index (χ2n) is 4.25. The fourth-order valence-electron chi connectivity index (χ4n) is 1.23. The third kappa shape index (κ3) is 4.20. The van der Waals surface area contributed by atoms with Crippen LogP contribution in [0.25, 0.3) is 0 Å². The van der Waals surface area contributed by atoms with Gasteiger partial charge in [0.2, 0.25) is 11.8 Å². The highest BCUT2D eigenvalue weighted by Crippen LogP contribution is 2.15. The quantitative estimate of drug-likeness (QED) is 0.540. The third-order valence-corrected chi connectivity index (χ3v) is 2.72. The molecule has 0 radical (unpaired) electrons. The molecule has 0 aliphatic rings. The molecule has 0 fully saturated rings. The van der Waals surface area contributed by atoms with Crippen molar-refractivity contribution < 1.29 is 19.1 Å². The van der Waals surface area contributed by atoms with Crippen LogP contribution in [0.15, 0.2) is 12.7 Å². The molecule has 18 heavy (non-hydrogen) atoms. The smallest absolute Gasteiger partial charge is 0.331 e. The molecule has 1 N–H and O–H groups in total. The number of amides is 2. The van der Waals surface area contributed by atoms with Crippen molar-refractivity contribution in [2.24, 2.45) is 0 Å². The van der Waals surface area contributed by atoms with Gasteiger partial charge in [-0.15, -0.1) is 0 Å². The first-order valence-corrected chi connectivity index (χ1v) is 5.52. The zero-order chi connectivity index (χ0) is 14.3. The molecule has 102 valence electrons. The topological polar surface area (TPSA) is 75.7 Å². The van der Waals surface area contributed by atoms with E-state index in [1.165, 1.54) is 19.1 Å². The van der Waals surface area contributed by atoms with Crippen LogP contribution in [0.3, 0.4) is 0 Å².